The van der Waals surface area contributed by atoms with Gasteiger partial charge in [-0.05, 0) is 25.8 Å². The molecule has 0 saturated heterocycles. The summed E-state index contributed by atoms with van der Waals surface area (Å²) in [4.78, 5) is 7.27. The van der Waals surface area contributed by atoms with Crippen molar-refractivity contribution in [1.82, 2.24) is 14.8 Å². The zero-order valence-corrected chi connectivity index (χ0v) is 15.1. The number of anilines is 1. The van der Waals surface area contributed by atoms with Gasteiger partial charge in [0.25, 0.3) is 0 Å². The van der Waals surface area contributed by atoms with Gasteiger partial charge in [0.2, 0.25) is 0 Å². The smallest absolute Gasteiger partial charge is 0.135 e. The van der Waals surface area contributed by atoms with Crippen LogP contribution in [-0.4, -0.2) is 27.9 Å². The lowest BCUT2D eigenvalue weighted by atomic mass is 10.1. The molecule has 0 amide bonds. The van der Waals surface area contributed by atoms with Gasteiger partial charge in [-0.2, -0.15) is 5.10 Å². The molecule has 0 aliphatic rings. The third-order valence-corrected chi connectivity index (χ3v) is 4.27. The summed E-state index contributed by atoms with van der Waals surface area (Å²) in [5.41, 5.74) is 6.49. The Hall–Kier alpha value is -2.36. The maximum Gasteiger partial charge on any atom is 0.135 e. The molecule has 3 rings (SSSR count). The number of hydrogen-bond donors (Lipinski definition) is 0. The summed E-state index contributed by atoms with van der Waals surface area (Å²) >= 11 is 0. The van der Waals surface area contributed by atoms with Crippen molar-refractivity contribution in [3.05, 3.63) is 42.1 Å². The van der Waals surface area contributed by atoms with Crippen molar-refractivity contribution in [2.75, 3.05) is 18.0 Å². The molecule has 0 aliphatic heterocycles. The minimum Gasteiger partial charge on any atom is -0.370 e. The molecule has 0 unspecified atom stereocenters. The van der Waals surface area contributed by atoms with E-state index in [9.17, 15) is 0 Å². The first kappa shape index (κ1) is 16.5. The quantitative estimate of drug-likeness (QED) is 0.666. The van der Waals surface area contributed by atoms with Gasteiger partial charge in [-0.15, -0.1) is 0 Å². The van der Waals surface area contributed by atoms with Crippen LogP contribution in [0.15, 0.2) is 36.4 Å². The fourth-order valence-electron chi connectivity index (χ4n) is 3.32. The summed E-state index contributed by atoms with van der Waals surface area (Å²) in [5, 5.41) is 4.83. The van der Waals surface area contributed by atoms with E-state index in [0.717, 1.165) is 53.9 Å². The molecular formula is C20H26N4. The lowest BCUT2D eigenvalue weighted by molar-refractivity contribution is 0.742. The Balaban J connectivity index is 2.23. The van der Waals surface area contributed by atoms with Gasteiger partial charge in [-0.1, -0.05) is 44.2 Å². The Morgan fingerprint density at radius 1 is 1.00 bits per heavy atom. The number of rotatable bonds is 6. The SMILES string of the molecule is CCCN(CCC)c1cc(C)nc2c(-c3ccccc3)n(C)nc12. The van der Waals surface area contributed by atoms with Gasteiger partial charge in [-0.25, -0.2) is 4.98 Å². The fourth-order valence-corrected chi connectivity index (χ4v) is 3.32. The second-order valence-corrected chi connectivity index (χ2v) is 6.31. The minimum absolute atomic E-state index is 0.996. The Morgan fingerprint density at radius 2 is 1.67 bits per heavy atom. The van der Waals surface area contributed by atoms with E-state index in [0.29, 0.717) is 0 Å². The van der Waals surface area contributed by atoms with Gasteiger partial charge < -0.3 is 4.90 Å². The van der Waals surface area contributed by atoms with Gasteiger partial charge in [-0.3, -0.25) is 4.68 Å². The summed E-state index contributed by atoms with van der Waals surface area (Å²) in [5.74, 6) is 0. The average Bonchev–Trinajstić information content (AvgIpc) is 2.90. The molecule has 126 valence electrons. The number of fused-ring (bicyclic) bond motifs is 1. The van der Waals surface area contributed by atoms with E-state index in [-0.39, 0.29) is 0 Å². The highest BCUT2D eigenvalue weighted by Gasteiger charge is 2.19. The molecule has 4 nitrogen and oxygen atoms in total. The van der Waals surface area contributed by atoms with E-state index in [1.54, 1.807) is 0 Å². The van der Waals surface area contributed by atoms with Crippen LogP contribution in [0.25, 0.3) is 22.3 Å². The molecule has 0 spiro atoms. The van der Waals surface area contributed by atoms with Crippen LogP contribution in [0.2, 0.25) is 0 Å². The molecule has 0 aliphatic carbocycles. The van der Waals surface area contributed by atoms with Gasteiger partial charge in [0.1, 0.15) is 11.0 Å². The Morgan fingerprint density at radius 3 is 2.29 bits per heavy atom. The van der Waals surface area contributed by atoms with Crippen molar-refractivity contribution in [1.29, 1.82) is 0 Å². The number of pyridine rings is 1. The van der Waals surface area contributed by atoms with E-state index in [1.807, 2.05) is 17.8 Å². The van der Waals surface area contributed by atoms with Crippen LogP contribution in [0.3, 0.4) is 0 Å². The van der Waals surface area contributed by atoms with Gasteiger partial charge in [0.15, 0.2) is 0 Å². The highest BCUT2D eigenvalue weighted by Crippen LogP contribution is 2.33. The van der Waals surface area contributed by atoms with Crippen LogP contribution >= 0.6 is 0 Å². The predicted octanol–water partition coefficient (Wildman–Crippen LogP) is 4.57. The molecular weight excluding hydrogens is 296 g/mol. The number of aromatic nitrogens is 3. The summed E-state index contributed by atoms with van der Waals surface area (Å²) in [6.07, 6.45) is 2.25. The lowest BCUT2D eigenvalue weighted by Gasteiger charge is -2.24. The van der Waals surface area contributed by atoms with E-state index in [4.69, 9.17) is 10.1 Å². The first-order valence-electron chi connectivity index (χ1n) is 8.80. The lowest BCUT2D eigenvalue weighted by Crippen LogP contribution is -2.25. The Bertz CT molecular complexity index is 815. The Labute approximate surface area is 144 Å². The first-order chi connectivity index (χ1) is 11.7. The van der Waals surface area contributed by atoms with Crippen LogP contribution in [0.5, 0.6) is 0 Å². The molecule has 24 heavy (non-hydrogen) atoms. The monoisotopic (exact) mass is 322 g/mol. The molecule has 0 radical (unpaired) electrons. The maximum atomic E-state index is 4.83. The highest BCUT2D eigenvalue weighted by atomic mass is 15.3. The van der Waals surface area contributed by atoms with Crippen molar-refractivity contribution in [2.45, 2.75) is 33.6 Å². The van der Waals surface area contributed by atoms with Gasteiger partial charge in [0, 0.05) is 31.4 Å². The topological polar surface area (TPSA) is 34.0 Å². The summed E-state index contributed by atoms with van der Waals surface area (Å²) < 4.78 is 1.96. The number of benzene rings is 1. The maximum absolute atomic E-state index is 4.83. The molecule has 1 aromatic carbocycles. The predicted molar refractivity (Wildman–Crippen MR) is 101 cm³/mol. The number of hydrogen-bond acceptors (Lipinski definition) is 3. The third kappa shape index (κ3) is 3.01. The second-order valence-electron chi connectivity index (χ2n) is 6.31. The summed E-state index contributed by atoms with van der Waals surface area (Å²) in [6, 6.07) is 12.6. The van der Waals surface area contributed by atoms with Crippen molar-refractivity contribution >= 4 is 16.7 Å². The normalized spacial score (nSPS) is 11.2. The highest BCUT2D eigenvalue weighted by molar-refractivity contribution is 5.97. The molecule has 3 aromatic rings. The fraction of sp³-hybridized carbons (Fsp3) is 0.400. The molecule has 0 bridgehead atoms. The minimum atomic E-state index is 0.996. The van der Waals surface area contributed by atoms with Crippen LogP contribution in [-0.2, 0) is 7.05 Å². The average molecular weight is 322 g/mol. The van der Waals surface area contributed by atoms with Gasteiger partial charge >= 0.3 is 0 Å². The molecule has 0 atom stereocenters. The van der Waals surface area contributed by atoms with Crippen LogP contribution in [0.1, 0.15) is 32.4 Å². The van der Waals surface area contributed by atoms with Crippen molar-refractivity contribution in [2.24, 2.45) is 7.05 Å². The molecule has 4 heteroatoms. The molecule has 2 aromatic heterocycles. The van der Waals surface area contributed by atoms with Gasteiger partial charge in [0.05, 0.1) is 11.4 Å². The molecule has 0 fully saturated rings. The number of aryl methyl sites for hydroxylation is 2. The Kier molecular flexibility index (Phi) is 4.84. The zero-order chi connectivity index (χ0) is 17.1. The largest absolute Gasteiger partial charge is 0.370 e. The summed E-state index contributed by atoms with van der Waals surface area (Å²) in [7, 11) is 2.01. The van der Waals surface area contributed by atoms with Crippen LogP contribution < -0.4 is 4.90 Å². The summed E-state index contributed by atoms with van der Waals surface area (Å²) in [6.45, 7) is 8.61. The van der Waals surface area contributed by atoms with Crippen molar-refractivity contribution < 1.29 is 0 Å². The molecule has 0 saturated carbocycles. The first-order valence-corrected chi connectivity index (χ1v) is 8.80. The van der Waals surface area contributed by atoms with Crippen molar-refractivity contribution in [3.8, 4) is 11.3 Å². The van der Waals surface area contributed by atoms with E-state index in [1.165, 1.54) is 5.69 Å². The van der Waals surface area contributed by atoms with Crippen LogP contribution in [0.4, 0.5) is 5.69 Å². The second kappa shape index (κ2) is 7.04. The van der Waals surface area contributed by atoms with E-state index >= 15 is 0 Å². The molecule has 2 heterocycles. The molecule has 0 N–H and O–H groups in total. The number of nitrogens with zero attached hydrogens (tertiary/aromatic N) is 4. The van der Waals surface area contributed by atoms with E-state index < -0.39 is 0 Å². The van der Waals surface area contributed by atoms with E-state index in [2.05, 4.69) is 56.0 Å². The third-order valence-electron chi connectivity index (χ3n) is 4.27. The zero-order valence-electron chi connectivity index (χ0n) is 15.1. The van der Waals surface area contributed by atoms with Crippen LogP contribution in [0, 0.1) is 6.92 Å². The van der Waals surface area contributed by atoms with Crippen molar-refractivity contribution in [3.63, 3.8) is 0 Å². The standard InChI is InChI=1S/C20H26N4/c1-5-12-24(13-6-2)17-14-15(3)21-19-18(17)22-23(4)20(19)16-10-8-7-9-11-16/h7-11,14H,5-6,12-13H2,1-4H3.